The highest BCUT2D eigenvalue weighted by molar-refractivity contribution is 5.89. The third-order valence-electron chi connectivity index (χ3n) is 6.35. The standard InChI is InChI=1S/C22H31N5O2/c1-15(2)26-13-11-24-22(29)19(26)14-20(28)25-17-5-7-18(8-6-17)27-12-9-16-4-3-10-23-21(16)27/h3-4,9-10,12,15,17-19H,5-8,11,13-14H2,1-2H3,(H,24,29)(H,25,28). The molecule has 2 amide bonds. The molecule has 7 heteroatoms. The van der Waals surface area contributed by atoms with Gasteiger partial charge in [0.2, 0.25) is 11.8 Å². The van der Waals surface area contributed by atoms with Gasteiger partial charge in [0, 0.05) is 49.0 Å². The summed E-state index contributed by atoms with van der Waals surface area (Å²) in [5.74, 6) is -0.0509. The number of nitrogens with one attached hydrogen (secondary N) is 2. The summed E-state index contributed by atoms with van der Waals surface area (Å²) in [6, 6.07) is 6.67. The monoisotopic (exact) mass is 397 g/mol. The fourth-order valence-corrected chi connectivity index (χ4v) is 4.80. The van der Waals surface area contributed by atoms with Crippen molar-refractivity contribution in [2.24, 2.45) is 0 Å². The number of carbonyl (C=O) groups is 2. The molecule has 1 saturated heterocycles. The predicted molar refractivity (Wildman–Crippen MR) is 112 cm³/mol. The summed E-state index contributed by atoms with van der Waals surface area (Å²) in [7, 11) is 0. The number of rotatable bonds is 5. The van der Waals surface area contributed by atoms with E-state index in [1.54, 1.807) is 0 Å². The van der Waals surface area contributed by atoms with Gasteiger partial charge in [-0.3, -0.25) is 14.5 Å². The molecule has 1 unspecified atom stereocenters. The summed E-state index contributed by atoms with van der Waals surface area (Å²) in [4.78, 5) is 31.6. The van der Waals surface area contributed by atoms with Gasteiger partial charge in [0.25, 0.3) is 0 Å². The molecule has 7 nitrogen and oxygen atoms in total. The molecule has 156 valence electrons. The molecule has 0 radical (unpaired) electrons. The lowest BCUT2D eigenvalue weighted by Gasteiger charge is -2.38. The molecule has 2 aliphatic rings. The van der Waals surface area contributed by atoms with Crippen LogP contribution in [0.15, 0.2) is 30.6 Å². The van der Waals surface area contributed by atoms with Gasteiger partial charge in [0.05, 0.1) is 12.5 Å². The lowest BCUT2D eigenvalue weighted by atomic mass is 9.90. The van der Waals surface area contributed by atoms with Gasteiger partial charge >= 0.3 is 0 Å². The zero-order chi connectivity index (χ0) is 20.4. The van der Waals surface area contributed by atoms with Crippen LogP contribution in [0.5, 0.6) is 0 Å². The number of piperazine rings is 1. The van der Waals surface area contributed by atoms with Crippen molar-refractivity contribution in [2.45, 2.75) is 70.1 Å². The highest BCUT2D eigenvalue weighted by Gasteiger charge is 2.33. The summed E-state index contributed by atoms with van der Waals surface area (Å²) < 4.78 is 2.28. The number of carbonyl (C=O) groups excluding carboxylic acids is 2. The fourth-order valence-electron chi connectivity index (χ4n) is 4.80. The van der Waals surface area contributed by atoms with E-state index in [2.05, 4.69) is 57.3 Å². The number of aromatic nitrogens is 2. The Labute approximate surface area is 171 Å². The van der Waals surface area contributed by atoms with Crippen LogP contribution in [0.25, 0.3) is 11.0 Å². The second kappa shape index (κ2) is 8.53. The Hall–Kier alpha value is -2.41. The lowest BCUT2D eigenvalue weighted by Crippen LogP contribution is -2.58. The van der Waals surface area contributed by atoms with Crippen molar-refractivity contribution in [1.82, 2.24) is 25.1 Å². The summed E-state index contributed by atoms with van der Waals surface area (Å²) >= 11 is 0. The Balaban J connectivity index is 1.31. The van der Waals surface area contributed by atoms with Gasteiger partial charge in [-0.05, 0) is 57.7 Å². The van der Waals surface area contributed by atoms with Crippen LogP contribution in [0.3, 0.4) is 0 Å². The molecule has 2 fully saturated rings. The largest absolute Gasteiger partial charge is 0.353 e. The second-order valence-electron chi connectivity index (χ2n) is 8.55. The van der Waals surface area contributed by atoms with E-state index < -0.39 is 0 Å². The zero-order valence-electron chi connectivity index (χ0n) is 17.3. The van der Waals surface area contributed by atoms with E-state index in [0.29, 0.717) is 12.6 Å². The third kappa shape index (κ3) is 4.29. The van der Waals surface area contributed by atoms with Gasteiger partial charge in [-0.2, -0.15) is 0 Å². The Bertz CT molecular complexity index is 869. The van der Waals surface area contributed by atoms with E-state index in [4.69, 9.17) is 0 Å². The van der Waals surface area contributed by atoms with Gasteiger partial charge in [0.15, 0.2) is 0 Å². The minimum Gasteiger partial charge on any atom is -0.353 e. The van der Waals surface area contributed by atoms with Gasteiger partial charge in [-0.15, -0.1) is 0 Å². The first-order valence-corrected chi connectivity index (χ1v) is 10.8. The highest BCUT2D eigenvalue weighted by atomic mass is 16.2. The maximum absolute atomic E-state index is 12.6. The number of fused-ring (bicyclic) bond motifs is 1. The van der Waals surface area contributed by atoms with Gasteiger partial charge in [-0.25, -0.2) is 4.98 Å². The molecular weight excluding hydrogens is 366 g/mol. The van der Waals surface area contributed by atoms with E-state index in [9.17, 15) is 9.59 Å². The van der Waals surface area contributed by atoms with Crippen LogP contribution in [-0.2, 0) is 9.59 Å². The Morgan fingerprint density at radius 1 is 1.28 bits per heavy atom. The Kier molecular flexibility index (Phi) is 5.85. The number of hydrogen-bond donors (Lipinski definition) is 2. The van der Waals surface area contributed by atoms with Gasteiger partial charge < -0.3 is 15.2 Å². The average molecular weight is 398 g/mol. The van der Waals surface area contributed by atoms with Crippen LogP contribution in [0.4, 0.5) is 0 Å². The predicted octanol–water partition coefficient (Wildman–Crippen LogP) is 2.24. The van der Waals surface area contributed by atoms with Crippen molar-refractivity contribution < 1.29 is 9.59 Å². The molecule has 0 spiro atoms. The minimum atomic E-state index is -0.364. The molecule has 2 N–H and O–H groups in total. The smallest absolute Gasteiger partial charge is 0.237 e. The lowest BCUT2D eigenvalue weighted by molar-refractivity contribution is -0.135. The average Bonchev–Trinajstić information content (AvgIpc) is 3.14. The van der Waals surface area contributed by atoms with Crippen molar-refractivity contribution in [3.8, 4) is 0 Å². The molecule has 2 aromatic rings. The maximum atomic E-state index is 12.6. The number of hydrogen-bond acceptors (Lipinski definition) is 4. The molecular formula is C22H31N5O2. The molecule has 0 aromatic carbocycles. The Morgan fingerprint density at radius 2 is 2.07 bits per heavy atom. The summed E-state index contributed by atoms with van der Waals surface area (Å²) in [6.45, 7) is 5.60. The van der Waals surface area contributed by atoms with E-state index >= 15 is 0 Å². The van der Waals surface area contributed by atoms with E-state index in [0.717, 1.165) is 37.9 Å². The SMILES string of the molecule is CC(C)N1CCNC(=O)C1CC(=O)NC1CCC(n2ccc3cccnc32)CC1. The van der Waals surface area contributed by atoms with Gasteiger partial charge in [0.1, 0.15) is 5.65 Å². The number of pyridine rings is 1. The molecule has 0 bridgehead atoms. The molecule has 4 rings (SSSR count). The van der Waals surface area contributed by atoms with E-state index in [1.807, 2.05) is 12.3 Å². The molecule has 3 heterocycles. The first-order valence-electron chi connectivity index (χ1n) is 10.8. The van der Waals surface area contributed by atoms with Gasteiger partial charge in [-0.1, -0.05) is 0 Å². The van der Waals surface area contributed by atoms with Crippen LogP contribution in [0.2, 0.25) is 0 Å². The van der Waals surface area contributed by atoms with Crippen LogP contribution >= 0.6 is 0 Å². The van der Waals surface area contributed by atoms with Crippen LogP contribution in [0, 0.1) is 0 Å². The van der Waals surface area contributed by atoms with Crippen LogP contribution in [-0.4, -0.2) is 57.5 Å². The fraction of sp³-hybridized carbons (Fsp3) is 0.591. The third-order valence-corrected chi connectivity index (χ3v) is 6.35. The second-order valence-corrected chi connectivity index (χ2v) is 8.55. The summed E-state index contributed by atoms with van der Waals surface area (Å²) in [6.07, 6.45) is 8.15. The highest BCUT2D eigenvalue weighted by Crippen LogP contribution is 2.31. The van der Waals surface area contributed by atoms with Crippen molar-refractivity contribution in [3.05, 3.63) is 30.6 Å². The van der Waals surface area contributed by atoms with Crippen LogP contribution < -0.4 is 10.6 Å². The normalized spacial score (nSPS) is 25.9. The summed E-state index contributed by atoms with van der Waals surface area (Å²) in [5.41, 5.74) is 1.04. The molecule has 1 atom stereocenters. The molecule has 29 heavy (non-hydrogen) atoms. The molecule has 1 aliphatic carbocycles. The maximum Gasteiger partial charge on any atom is 0.237 e. The minimum absolute atomic E-state index is 0.0192. The molecule has 2 aromatic heterocycles. The number of nitrogens with zero attached hydrogens (tertiary/aromatic N) is 3. The topological polar surface area (TPSA) is 79.3 Å². The van der Waals surface area contributed by atoms with Crippen molar-refractivity contribution in [1.29, 1.82) is 0 Å². The quantitative estimate of drug-likeness (QED) is 0.811. The van der Waals surface area contributed by atoms with E-state index in [1.165, 1.54) is 5.39 Å². The van der Waals surface area contributed by atoms with Crippen LogP contribution in [0.1, 0.15) is 52.0 Å². The molecule has 1 saturated carbocycles. The molecule has 1 aliphatic heterocycles. The number of amides is 2. The summed E-state index contributed by atoms with van der Waals surface area (Å²) in [5, 5.41) is 7.24. The Morgan fingerprint density at radius 3 is 2.83 bits per heavy atom. The first kappa shape index (κ1) is 19.9. The first-order chi connectivity index (χ1) is 14.0. The van der Waals surface area contributed by atoms with Crippen molar-refractivity contribution in [3.63, 3.8) is 0 Å². The van der Waals surface area contributed by atoms with E-state index in [-0.39, 0.29) is 36.4 Å². The zero-order valence-corrected chi connectivity index (χ0v) is 17.3. The van der Waals surface area contributed by atoms with Crippen molar-refractivity contribution in [2.75, 3.05) is 13.1 Å². The van der Waals surface area contributed by atoms with Crippen molar-refractivity contribution >= 4 is 22.8 Å².